The van der Waals surface area contributed by atoms with Gasteiger partial charge < -0.3 is 0 Å². The molecule has 1 aromatic rings. The summed E-state index contributed by atoms with van der Waals surface area (Å²) in [5.74, 6) is -0.343. The van der Waals surface area contributed by atoms with Crippen LogP contribution in [0.1, 0.15) is 19.8 Å². The molecule has 0 saturated carbocycles. The fourth-order valence-electron chi connectivity index (χ4n) is 1.23. The van der Waals surface area contributed by atoms with Gasteiger partial charge in [0.1, 0.15) is 5.82 Å². The lowest BCUT2D eigenvalue weighted by molar-refractivity contribution is 0.625. The third kappa shape index (κ3) is 3.14. The van der Waals surface area contributed by atoms with Gasteiger partial charge in [-0.15, -0.1) is 0 Å². The topological polar surface area (TPSA) is 40.9 Å². The van der Waals surface area contributed by atoms with E-state index < -0.39 is 10.8 Å². The van der Waals surface area contributed by atoms with Crippen molar-refractivity contribution in [1.82, 2.24) is 0 Å². The Labute approximate surface area is 91.2 Å². The zero-order valence-electron chi connectivity index (χ0n) is 8.44. The fourth-order valence-corrected chi connectivity index (χ4v) is 2.55. The molecular formula is C11H12FNOS. The molecule has 0 heterocycles. The van der Waals surface area contributed by atoms with E-state index >= 15 is 0 Å². The van der Waals surface area contributed by atoms with Gasteiger partial charge in [0.2, 0.25) is 0 Å². The molecule has 15 heavy (non-hydrogen) atoms. The molecule has 0 aliphatic heterocycles. The van der Waals surface area contributed by atoms with E-state index in [1.54, 1.807) is 0 Å². The fraction of sp³-hybridized carbons (Fsp3) is 0.364. The predicted octanol–water partition coefficient (Wildman–Crippen LogP) is 2.63. The minimum absolute atomic E-state index is 0.166. The maximum absolute atomic E-state index is 12.6. The Morgan fingerprint density at radius 1 is 1.47 bits per heavy atom. The van der Waals surface area contributed by atoms with Crippen molar-refractivity contribution in [1.29, 1.82) is 5.26 Å². The van der Waals surface area contributed by atoms with E-state index in [1.165, 1.54) is 24.3 Å². The number of nitrogens with zero attached hydrogens (tertiary/aromatic N) is 1. The monoisotopic (exact) mass is 225 g/mol. The van der Waals surface area contributed by atoms with Crippen LogP contribution >= 0.6 is 0 Å². The Hall–Kier alpha value is -1.21. The van der Waals surface area contributed by atoms with E-state index in [-0.39, 0.29) is 17.5 Å². The molecule has 0 N–H and O–H groups in total. The quantitative estimate of drug-likeness (QED) is 0.790. The number of halogens is 1. The van der Waals surface area contributed by atoms with Gasteiger partial charge in [-0.05, 0) is 30.7 Å². The van der Waals surface area contributed by atoms with Crippen LogP contribution in [0.5, 0.6) is 0 Å². The molecule has 0 aliphatic rings. The second kappa shape index (κ2) is 5.62. The maximum Gasteiger partial charge on any atom is 0.123 e. The van der Waals surface area contributed by atoms with Crippen LogP contribution in [0, 0.1) is 17.1 Å². The van der Waals surface area contributed by atoms with E-state index in [0.717, 1.165) is 0 Å². The lowest BCUT2D eigenvalue weighted by Gasteiger charge is -2.10. The van der Waals surface area contributed by atoms with Crippen LogP contribution in [0.3, 0.4) is 0 Å². The number of rotatable bonds is 4. The lowest BCUT2D eigenvalue weighted by atomic mass is 10.3. The summed E-state index contributed by atoms with van der Waals surface area (Å²) in [5.41, 5.74) is 0. The molecule has 0 bridgehead atoms. The van der Waals surface area contributed by atoms with Gasteiger partial charge in [0, 0.05) is 11.3 Å². The average Bonchev–Trinajstić information content (AvgIpc) is 2.26. The van der Waals surface area contributed by atoms with Crippen molar-refractivity contribution in [3.8, 4) is 6.07 Å². The Morgan fingerprint density at radius 2 is 2.07 bits per heavy atom. The summed E-state index contributed by atoms with van der Waals surface area (Å²) >= 11 is 0. The Morgan fingerprint density at radius 3 is 2.53 bits per heavy atom. The summed E-state index contributed by atoms with van der Waals surface area (Å²) in [5, 5.41) is 8.40. The average molecular weight is 225 g/mol. The summed E-state index contributed by atoms with van der Waals surface area (Å²) in [6.07, 6.45) is 0.942. The molecule has 2 nitrogen and oxygen atoms in total. The van der Waals surface area contributed by atoms with Crippen molar-refractivity contribution in [2.75, 3.05) is 0 Å². The van der Waals surface area contributed by atoms with Crippen molar-refractivity contribution in [2.24, 2.45) is 0 Å². The van der Waals surface area contributed by atoms with Crippen LogP contribution in [0.2, 0.25) is 0 Å². The SMILES string of the molecule is CCC(CC#N)S(=O)c1ccc(F)cc1. The van der Waals surface area contributed by atoms with Crippen LogP contribution < -0.4 is 0 Å². The van der Waals surface area contributed by atoms with Gasteiger partial charge in [-0.1, -0.05) is 6.92 Å². The third-order valence-electron chi connectivity index (χ3n) is 2.12. The van der Waals surface area contributed by atoms with E-state index in [2.05, 4.69) is 0 Å². The van der Waals surface area contributed by atoms with E-state index in [0.29, 0.717) is 11.3 Å². The van der Waals surface area contributed by atoms with E-state index in [1.807, 2.05) is 13.0 Å². The van der Waals surface area contributed by atoms with Crippen molar-refractivity contribution in [3.05, 3.63) is 30.1 Å². The second-order valence-corrected chi connectivity index (χ2v) is 4.88. The first-order chi connectivity index (χ1) is 7.19. The van der Waals surface area contributed by atoms with Gasteiger partial charge in [-0.3, -0.25) is 4.21 Å². The predicted molar refractivity (Wildman–Crippen MR) is 57.1 cm³/mol. The summed E-state index contributed by atoms with van der Waals surface area (Å²) in [7, 11) is -1.22. The van der Waals surface area contributed by atoms with E-state index in [4.69, 9.17) is 5.26 Å². The standard InChI is InChI=1S/C11H12FNOS/c1-2-10(7-8-13)15(14)11-5-3-9(12)4-6-11/h3-6,10H,2,7H2,1H3. The maximum atomic E-state index is 12.6. The van der Waals surface area contributed by atoms with Crippen LogP contribution in [0.4, 0.5) is 4.39 Å². The van der Waals surface area contributed by atoms with Gasteiger partial charge >= 0.3 is 0 Å². The molecule has 0 fully saturated rings. The zero-order chi connectivity index (χ0) is 11.3. The first-order valence-electron chi connectivity index (χ1n) is 4.72. The molecule has 2 unspecified atom stereocenters. The Kier molecular flexibility index (Phi) is 4.44. The molecule has 4 heteroatoms. The zero-order valence-corrected chi connectivity index (χ0v) is 9.26. The minimum Gasteiger partial charge on any atom is -0.254 e. The summed E-state index contributed by atoms with van der Waals surface area (Å²) < 4.78 is 24.5. The van der Waals surface area contributed by atoms with Crippen molar-refractivity contribution in [3.63, 3.8) is 0 Å². The molecule has 0 aromatic heterocycles. The second-order valence-electron chi connectivity index (χ2n) is 3.14. The number of hydrogen-bond acceptors (Lipinski definition) is 2. The third-order valence-corrected chi connectivity index (χ3v) is 3.97. The molecule has 2 atom stereocenters. The summed E-state index contributed by atoms with van der Waals surface area (Å²) in [6.45, 7) is 1.89. The molecule has 1 rings (SSSR count). The molecular weight excluding hydrogens is 213 g/mol. The number of nitriles is 1. The largest absolute Gasteiger partial charge is 0.254 e. The van der Waals surface area contributed by atoms with Crippen LogP contribution in [-0.2, 0) is 10.8 Å². The smallest absolute Gasteiger partial charge is 0.123 e. The number of hydrogen-bond donors (Lipinski definition) is 0. The van der Waals surface area contributed by atoms with Crippen molar-refractivity contribution < 1.29 is 8.60 Å². The molecule has 0 amide bonds. The van der Waals surface area contributed by atoms with Gasteiger partial charge in [0.05, 0.1) is 22.1 Å². The molecule has 0 radical (unpaired) electrons. The van der Waals surface area contributed by atoms with Gasteiger partial charge in [0.25, 0.3) is 0 Å². The molecule has 0 aliphatic carbocycles. The highest BCUT2D eigenvalue weighted by molar-refractivity contribution is 7.85. The summed E-state index contributed by atoms with van der Waals surface area (Å²) in [4.78, 5) is 0.582. The Bertz CT molecular complexity index is 383. The first kappa shape index (κ1) is 11.9. The van der Waals surface area contributed by atoms with Crippen molar-refractivity contribution in [2.45, 2.75) is 29.9 Å². The van der Waals surface area contributed by atoms with Crippen LogP contribution in [0.15, 0.2) is 29.2 Å². The van der Waals surface area contributed by atoms with Gasteiger partial charge in [0.15, 0.2) is 0 Å². The van der Waals surface area contributed by atoms with Gasteiger partial charge in [-0.25, -0.2) is 4.39 Å². The molecule has 0 saturated heterocycles. The number of benzene rings is 1. The van der Waals surface area contributed by atoms with Crippen molar-refractivity contribution >= 4 is 10.8 Å². The Balaban J connectivity index is 2.84. The highest BCUT2D eigenvalue weighted by Gasteiger charge is 2.15. The van der Waals surface area contributed by atoms with E-state index in [9.17, 15) is 8.60 Å². The molecule has 1 aromatic carbocycles. The van der Waals surface area contributed by atoms with Crippen LogP contribution in [-0.4, -0.2) is 9.46 Å². The normalized spacial score (nSPS) is 14.2. The highest BCUT2D eigenvalue weighted by atomic mass is 32.2. The van der Waals surface area contributed by atoms with Crippen LogP contribution in [0.25, 0.3) is 0 Å². The minimum atomic E-state index is -1.22. The lowest BCUT2D eigenvalue weighted by Crippen LogP contribution is -2.13. The molecule has 0 spiro atoms. The van der Waals surface area contributed by atoms with Gasteiger partial charge in [-0.2, -0.15) is 5.26 Å². The highest BCUT2D eigenvalue weighted by Crippen LogP contribution is 2.16. The molecule has 80 valence electrons. The first-order valence-corrected chi connectivity index (χ1v) is 5.93. The summed E-state index contributed by atoms with van der Waals surface area (Å²) in [6, 6.07) is 7.59.